The molecule has 0 aliphatic carbocycles. The highest BCUT2D eigenvalue weighted by Gasteiger charge is 2.08. The monoisotopic (exact) mass is 218 g/mol. The number of hydrogen-bond acceptors (Lipinski definition) is 3. The summed E-state index contributed by atoms with van der Waals surface area (Å²) in [4.78, 5) is 4.39. The van der Waals surface area contributed by atoms with Gasteiger partial charge in [-0.3, -0.25) is 4.98 Å². The fourth-order valence-corrected chi connectivity index (χ4v) is 1.58. The summed E-state index contributed by atoms with van der Waals surface area (Å²) >= 11 is 0. The number of nitrogens with one attached hydrogen (secondary N) is 1. The maximum atomic E-state index is 5.35. The molecular formula is C13H18N2O. The van der Waals surface area contributed by atoms with Crippen LogP contribution in [0.5, 0.6) is 5.75 Å². The first kappa shape index (κ1) is 12.5. The standard InChI is InChI=1S/C13H18N2O/c1-5-6-7-14-9-12-11(3)13(16-4)10(2)8-15-12/h8,14H,7,9H2,1-4H3. The van der Waals surface area contributed by atoms with Crippen LogP contribution in [-0.2, 0) is 6.54 Å². The quantitative estimate of drug-likeness (QED) is 0.618. The molecule has 0 aliphatic rings. The first-order valence-electron chi connectivity index (χ1n) is 5.30. The Morgan fingerprint density at radius 2 is 2.19 bits per heavy atom. The molecule has 0 amide bonds. The molecule has 1 N–H and O–H groups in total. The number of aromatic nitrogens is 1. The molecule has 0 aromatic carbocycles. The van der Waals surface area contributed by atoms with Crippen LogP contribution >= 0.6 is 0 Å². The zero-order valence-electron chi connectivity index (χ0n) is 10.3. The molecular weight excluding hydrogens is 200 g/mol. The van der Waals surface area contributed by atoms with E-state index in [1.165, 1.54) is 0 Å². The van der Waals surface area contributed by atoms with Crippen molar-refractivity contribution in [1.82, 2.24) is 10.3 Å². The van der Waals surface area contributed by atoms with Gasteiger partial charge in [-0.25, -0.2) is 0 Å². The fraction of sp³-hybridized carbons (Fsp3) is 0.462. The third-order valence-electron chi connectivity index (χ3n) is 2.43. The summed E-state index contributed by atoms with van der Waals surface area (Å²) in [6, 6.07) is 0. The summed E-state index contributed by atoms with van der Waals surface area (Å²) in [7, 11) is 1.69. The Hall–Kier alpha value is -1.53. The molecule has 0 unspecified atom stereocenters. The van der Waals surface area contributed by atoms with Gasteiger partial charge in [-0.1, -0.05) is 5.92 Å². The number of aryl methyl sites for hydroxylation is 1. The van der Waals surface area contributed by atoms with Gasteiger partial charge in [0.15, 0.2) is 0 Å². The summed E-state index contributed by atoms with van der Waals surface area (Å²) in [5, 5.41) is 3.22. The van der Waals surface area contributed by atoms with Crippen LogP contribution in [0.3, 0.4) is 0 Å². The molecule has 1 rings (SSSR count). The minimum absolute atomic E-state index is 0.688. The average molecular weight is 218 g/mol. The van der Waals surface area contributed by atoms with Crippen molar-refractivity contribution in [3.05, 3.63) is 23.0 Å². The topological polar surface area (TPSA) is 34.2 Å². The molecule has 0 saturated heterocycles. The van der Waals surface area contributed by atoms with Gasteiger partial charge in [-0.15, -0.1) is 5.92 Å². The first-order valence-corrected chi connectivity index (χ1v) is 5.30. The predicted octanol–water partition coefficient (Wildman–Crippen LogP) is 1.82. The van der Waals surface area contributed by atoms with Crippen LogP contribution in [0.2, 0.25) is 0 Å². The molecule has 0 radical (unpaired) electrons. The van der Waals surface area contributed by atoms with Gasteiger partial charge >= 0.3 is 0 Å². The second-order valence-electron chi connectivity index (χ2n) is 3.58. The zero-order valence-corrected chi connectivity index (χ0v) is 10.3. The van der Waals surface area contributed by atoms with Gasteiger partial charge in [-0.05, 0) is 20.8 Å². The van der Waals surface area contributed by atoms with Crippen molar-refractivity contribution in [3.63, 3.8) is 0 Å². The maximum absolute atomic E-state index is 5.35. The lowest BCUT2D eigenvalue weighted by Crippen LogP contribution is -2.15. The molecule has 0 atom stereocenters. The van der Waals surface area contributed by atoms with E-state index in [-0.39, 0.29) is 0 Å². The normalized spacial score (nSPS) is 9.50. The molecule has 1 heterocycles. The summed E-state index contributed by atoms with van der Waals surface area (Å²) in [5.41, 5.74) is 3.18. The summed E-state index contributed by atoms with van der Waals surface area (Å²) in [5.74, 6) is 6.72. The smallest absolute Gasteiger partial charge is 0.128 e. The van der Waals surface area contributed by atoms with Crippen LogP contribution in [0, 0.1) is 25.7 Å². The van der Waals surface area contributed by atoms with Crippen molar-refractivity contribution in [2.45, 2.75) is 27.3 Å². The molecule has 0 spiro atoms. The second-order valence-corrected chi connectivity index (χ2v) is 3.58. The van der Waals surface area contributed by atoms with E-state index in [0.717, 1.165) is 29.1 Å². The van der Waals surface area contributed by atoms with E-state index in [4.69, 9.17) is 4.74 Å². The Labute approximate surface area is 97.2 Å². The van der Waals surface area contributed by atoms with E-state index in [1.807, 2.05) is 27.0 Å². The predicted molar refractivity (Wildman–Crippen MR) is 65.4 cm³/mol. The highest BCUT2D eigenvalue weighted by Crippen LogP contribution is 2.23. The van der Waals surface area contributed by atoms with Gasteiger partial charge in [-0.2, -0.15) is 0 Å². The number of ether oxygens (including phenoxy) is 1. The lowest BCUT2D eigenvalue weighted by atomic mass is 10.1. The van der Waals surface area contributed by atoms with Crippen molar-refractivity contribution in [1.29, 1.82) is 0 Å². The Balaban J connectivity index is 2.76. The van der Waals surface area contributed by atoms with Gasteiger partial charge < -0.3 is 10.1 Å². The Morgan fingerprint density at radius 1 is 1.44 bits per heavy atom. The molecule has 3 heteroatoms. The molecule has 0 fully saturated rings. The Morgan fingerprint density at radius 3 is 2.81 bits per heavy atom. The van der Waals surface area contributed by atoms with E-state index >= 15 is 0 Å². The number of pyridine rings is 1. The Kier molecular flexibility index (Phi) is 4.81. The summed E-state index contributed by atoms with van der Waals surface area (Å²) in [6.07, 6.45) is 1.84. The van der Waals surface area contributed by atoms with Crippen molar-refractivity contribution in [2.75, 3.05) is 13.7 Å². The number of methoxy groups -OCH3 is 1. The second kappa shape index (κ2) is 6.14. The van der Waals surface area contributed by atoms with E-state index in [1.54, 1.807) is 7.11 Å². The van der Waals surface area contributed by atoms with E-state index in [2.05, 4.69) is 22.1 Å². The van der Waals surface area contributed by atoms with Gasteiger partial charge in [0.1, 0.15) is 5.75 Å². The van der Waals surface area contributed by atoms with E-state index in [0.29, 0.717) is 6.54 Å². The molecule has 0 bridgehead atoms. The van der Waals surface area contributed by atoms with Crippen molar-refractivity contribution in [2.24, 2.45) is 0 Å². The van der Waals surface area contributed by atoms with Gasteiger partial charge in [0.25, 0.3) is 0 Å². The molecule has 3 nitrogen and oxygen atoms in total. The summed E-state index contributed by atoms with van der Waals surface area (Å²) in [6.45, 7) is 7.27. The van der Waals surface area contributed by atoms with Crippen LogP contribution < -0.4 is 10.1 Å². The lowest BCUT2D eigenvalue weighted by molar-refractivity contribution is 0.406. The van der Waals surface area contributed by atoms with Crippen molar-refractivity contribution >= 4 is 0 Å². The molecule has 16 heavy (non-hydrogen) atoms. The van der Waals surface area contributed by atoms with Crippen LogP contribution in [0.15, 0.2) is 6.20 Å². The third kappa shape index (κ3) is 2.98. The van der Waals surface area contributed by atoms with Crippen molar-refractivity contribution in [3.8, 4) is 17.6 Å². The molecule has 0 saturated carbocycles. The average Bonchev–Trinajstić information content (AvgIpc) is 2.28. The van der Waals surface area contributed by atoms with Gasteiger partial charge in [0, 0.05) is 23.9 Å². The highest BCUT2D eigenvalue weighted by atomic mass is 16.5. The van der Waals surface area contributed by atoms with Gasteiger partial charge in [0.2, 0.25) is 0 Å². The molecule has 86 valence electrons. The molecule has 0 aliphatic heterocycles. The SMILES string of the molecule is CC#CCNCc1ncc(C)c(OC)c1C. The molecule has 1 aromatic heterocycles. The Bertz CT molecular complexity index is 416. The molecule has 1 aromatic rings. The minimum atomic E-state index is 0.688. The van der Waals surface area contributed by atoms with Crippen LogP contribution in [0.4, 0.5) is 0 Å². The van der Waals surface area contributed by atoms with Crippen molar-refractivity contribution < 1.29 is 4.74 Å². The maximum Gasteiger partial charge on any atom is 0.128 e. The zero-order chi connectivity index (χ0) is 12.0. The lowest BCUT2D eigenvalue weighted by Gasteiger charge is -2.12. The van der Waals surface area contributed by atoms with Crippen LogP contribution in [-0.4, -0.2) is 18.6 Å². The van der Waals surface area contributed by atoms with E-state index < -0.39 is 0 Å². The minimum Gasteiger partial charge on any atom is -0.496 e. The highest BCUT2D eigenvalue weighted by molar-refractivity contribution is 5.40. The third-order valence-corrected chi connectivity index (χ3v) is 2.43. The number of nitrogens with zero attached hydrogens (tertiary/aromatic N) is 1. The van der Waals surface area contributed by atoms with Gasteiger partial charge in [0.05, 0.1) is 19.3 Å². The van der Waals surface area contributed by atoms with E-state index in [9.17, 15) is 0 Å². The number of rotatable bonds is 4. The largest absolute Gasteiger partial charge is 0.496 e. The van der Waals surface area contributed by atoms with Crippen LogP contribution in [0.25, 0.3) is 0 Å². The first-order chi connectivity index (χ1) is 7.70. The fourth-order valence-electron chi connectivity index (χ4n) is 1.58. The summed E-state index contributed by atoms with van der Waals surface area (Å²) < 4.78 is 5.35. The van der Waals surface area contributed by atoms with Crippen LogP contribution in [0.1, 0.15) is 23.7 Å². The number of hydrogen-bond donors (Lipinski definition) is 1.